The van der Waals surface area contributed by atoms with Crippen LogP contribution in [0.25, 0.3) is 0 Å². The van der Waals surface area contributed by atoms with Crippen LogP contribution in [0.3, 0.4) is 0 Å². The van der Waals surface area contributed by atoms with Gasteiger partial charge in [-0.1, -0.05) is 24.3 Å². The minimum atomic E-state index is -0.187. The van der Waals surface area contributed by atoms with Crippen LogP contribution in [0.5, 0.6) is 0 Å². The van der Waals surface area contributed by atoms with Gasteiger partial charge in [-0.3, -0.25) is 4.79 Å². The summed E-state index contributed by atoms with van der Waals surface area (Å²) in [6, 6.07) is 8.17. The molecule has 1 aromatic carbocycles. The largest absolute Gasteiger partial charge is 0.372 e. The molecule has 0 fully saturated rings. The zero-order valence-electron chi connectivity index (χ0n) is 11.8. The molecule has 0 saturated heterocycles. The lowest BCUT2D eigenvalue weighted by Gasteiger charge is -2.28. The number of likely N-dealkylation sites (N-methyl/N-ethyl adjacent to an activating group) is 1. The van der Waals surface area contributed by atoms with Gasteiger partial charge in [-0.15, -0.1) is 0 Å². The Hall–Kier alpha value is -1.39. The molecule has 1 amide bonds. The van der Waals surface area contributed by atoms with Crippen LogP contribution in [0.2, 0.25) is 0 Å². The molecule has 1 aromatic rings. The van der Waals surface area contributed by atoms with E-state index in [-0.39, 0.29) is 18.1 Å². The SMILES string of the molecule is CC(NCC1OCCc2ccccc21)C(=O)N(C)C. The minimum absolute atomic E-state index is 0.0439. The summed E-state index contributed by atoms with van der Waals surface area (Å²) in [5.41, 5.74) is 2.60. The van der Waals surface area contributed by atoms with Gasteiger partial charge in [0.1, 0.15) is 0 Å². The molecule has 0 aromatic heterocycles. The van der Waals surface area contributed by atoms with Crippen LogP contribution in [0.4, 0.5) is 0 Å². The maximum atomic E-state index is 11.8. The van der Waals surface area contributed by atoms with E-state index in [1.165, 1.54) is 11.1 Å². The van der Waals surface area contributed by atoms with E-state index in [2.05, 4.69) is 23.5 Å². The van der Waals surface area contributed by atoms with Crippen LogP contribution in [-0.4, -0.2) is 44.1 Å². The molecule has 1 heterocycles. The number of carbonyl (C=O) groups is 1. The molecule has 0 radical (unpaired) electrons. The van der Waals surface area contributed by atoms with Crippen molar-refractivity contribution in [2.75, 3.05) is 27.2 Å². The molecule has 1 aliphatic rings. The standard InChI is InChI=1S/C15H22N2O2/c1-11(15(18)17(2)3)16-10-14-13-7-5-4-6-12(13)8-9-19-14/h4-7,11,14,16H,8-10H2,1-3H3. The number of carbonyl (C=O) groups excluding carboxylic acids is 1. The number of hydrogen-bond donors (Lipinski definition) is 1. The predicted octanol–water partition coefficient (Wildman–Crippen LogP) is 1.37. The summed E-state index contributed by atoms with van der Waals surface area (Å²) in [5, 5.41) is 3.26. The van der Waals surface area contributed by atoms with E-state index in [0.29, 0.717) is 6.54 Å². The van der Waals surface area contributed by atoms with Crippen molar-refractivity contribution >= 4 is 5.91 Å². The molecule has 19 heavy (non-hydrogen) atoms. The first-order valence-corrected chi connectivity index (χ1v) is 6.73. The quantitative estimate of drug-likeness (QED) is 0.891. The van der Waals surface area contributed by atoms with Crippen LogP contribution < -0.4 is 5.32 Å². The Morgan fingerprint density at radius 1 is 1.47 bits per heavy atom. The molecular formula is C15H22N2O2. The number of benzene rings is 1. The monoisotopic (exact) mass is 262 g/mol. The van der Waals surface area contributed by atoms with E-state index in [1.807, 2.05) is 13.0 Å². The Labute approximate surface area is 114 Å². The van der Waals surface area contributed by atoms with Crippen molar-refractivity contribution in [3.8, 4) is 0 Å². The van der Waals surface area contributed by atoms with Gasteiger partial charge < -0.3 is 15.0 Å². The number of nitrogens with zero attached hydrogens (tertiary/aromatic N) is 1. The summed E-state index contributed by atoms with van der Waals surface area (Å²) in [7, 11) is 3.54. The second-order valence-corrected chi connectivity index (χ2v) is 5.17. The van der Waals surface area contributed by atoms with E-state index in [9.17, 15) is 4.79 Å². The van der Waals surface area contributed by atoms with Crippen molar-refractivity contribution in [1.82, 2.24) is 10.2 Å². The molecular weight excluding hydrogens is 240 g/mol. The zero-order valence-corrected chi connectivity index (χ0v) is 11.8. The second-order valence-electron chi connectivity index (χ2n) is 5.17. The third-order valence-corrected chi connectivity index (χ3v) is 3.51. The van der Waals surface area contributed by atoms with E-state index in [1.54, 1.807) is 19.0 Å². The Morgan fingerprint density at radius 3 is 2.95 bits per heavy atom. The van der Waals surface area contributed by atoms with Gasteiger partial charge in [-0.2, -0.15) is 0 Å². The highest BCUT2D eigenvalue weighted by atomic mass is 16.5. The number of amides is 1. The fraction of sp³-hybridized carbons (Fsp3) is 0.533. The molecule has 1 aliphatic heterocycles. The Bertz CT molecular complexity index is 446. The molecule has 0 aliphatic carbocycles. The number of nitrogens with one attached hydrogen (secondary N) is 1. The topological polar surface area (TPSA) is 41.6 Å². The van der Waals surface area contributed by atoms with Gasteiger partial charge in [0.05, 0.1) is 18.8 Å². The summed E-state index contributed by atoms with van der Waals surface area (Å²) in [6.07, 6.45) is 1.01. The summed E-state index contributed by atoms with van der Waals surface area (Å²) in [4.78, 5) is 13.4. The highest BCUT2D eigenvalue weighted by Crippen LogP contribution is 2.26. The van der Waals surface area contributed by atoms with Gasteiger partial charge in [-0.05, 0) is 24.5 Å². The van der Waals surface area contributed by atoms with Crippen LogP contribution in [0.15, 0.2) is 24.3 Å². The summed E-state index contributed by atoms with van der Waals surface area (Å²) < 4.78 is 5.81. The highest BCUT2D eigenvalue weighted by molar-refractivity contribution is 5.80. The lowest BCUT2D eigenvalue weighted by Crippen LogP contribution is -2.43. The molecule has 0 spiro atoms. The van der Waals surface area contributed by atoms with Crippen molar-refractivity contribution in [2.24, 2.45) is 0 Å². The fourth-order valence-electron chi connectivity index (χ4n) is 2.40. The Balaban J connectivity index is 1.96. The van der Waals surface area contributed by atoms with E-state index in [4.69, 9.17) is 4.74 Å². The number of hydrogen-bond acceptors (Lipinski definition) is 3. The predicted molar refractivity (Wildman–Crippen MR) is 75.0 cm³/mol. The summed E-state index contributed by atoms with van der Waals surface area (Å²) >= 11 is 0. The summed E-state index contributed by atoms with van der Waals surface area (Å²) in [6.45, 7) is 3.30. The fourth-order valence-corrected chi connectivity index (χ4v) is 2.40. The van der Waals surface area contributed by atoms with Gasteiger partial charge in [0, 0.05) is 20.6 Å². The van der Waals surface area contributed by atoms with E-state index < -0.39 is 0 Å². The van der Waals surface area contributed by atoms with Crippen molar-refractivity contribution in [3.05, 3.63) is 35.4 Å². The molecule has 1 N–H and O–H groups in total. The zero-order chi connectivity index (χ0) is 13.8. The highest BCUT2D eigenvalue weighted by Gasteiger charge is 2.22. The first kappa shape index (κ1) is 14.0. The van der Waals surface area contributed by atoms with E-state index in [0.717, 1.165) is 13.0 Å². The lowest BCUT2D eigenvalue weighted by atomic mass is 9.97. The minimum Gasteiger partial charge on any atom is -0.372 e. The van der Waals surface area contributed by atoms with Crippen LogP contribution in [0, 0.1) is 0 Å². The average Bonchev–Trinajstić information content (AvgIpc) is 2.43. The van der Waals surface area contributed by atoms with Gasteiger partial charge in [0.2, 0.25) is 5.91 Å². The first-order chi connectivity index (χ1) is 9.09. The summed E-state index contributed by atoms with van der Waals surface area (Å²) in [5.74, 6) is 0.0871. The van der Waals surface area contributed by atoms with Gasteiger partial charge in [-0.25, -0.2) is 0 Å². The van der Waals surface area contributed by atoms with Crippen molar-refractivity contribution < 1.29 is 9.53 Å². The Kier molecular flexibility index (Phi) is 4.56. The van der Waals surface area contributed by atoms with Crippen molar-refractivity contribution in [2.45, 2.75) is 25.5 Å². The molecule has 2 atom stereocenters. The molecule has 0 bridgehead atoms. The maximum Gasteiger partial charge on any atom is 0.238 e. The first-order valence-electron chi connectivity index (χ1n) is 6.73. The molecule has 4 heteroatoms. The number of fused-ring (bicyclic) bond motifs is 1. The third kappa shape index (κ3) is 3.33. The molecule has 4 nitrogen and oxygen atoms in total. The van der Waals surface area contributed by atoms with Gasteiger partial charge >= 0.3 is 0 Å². The van der Waals surface area contributed by atoms with Crippen LogP contribution in [0.1, 0.15) is 24.2 Å². The van der Waals surface area contributed by atoms with E-state index >= 15 is 0 Å². The van der Waals surface area contributed by atoms with Gasteiger partial charge in [0.25, 0.3) is 0 Å². The molecule has 2 unspecified atom stereocenters. The lowest BCUT2D eigenvalue weighted by molar-refractivity contribution is -0.130. The molecule has 104 valence electrons. The number of ether oxygens (including phenoxy) is 1. The number of rotatable bonds is 4. The normalized spacial score (nSPS) is 19.6. The average molecular weight is 262 g/mol. The molecule has 0 saturated carbocycles. The smallest absolute Gasteiger partial charge is 0.238 e. The Morgan fingerprint density at radius 2 is 2.21 bits per heavy atom. The maximum absolute atomic E-state index is 11.8. The van der Waals surface area contributed by atoms with Crippen molar-refractivity contribution in [3.63, 3.8) is 0 Å². The third-order valence-electron chi connectivity index (χ3n) is 3.51. The van der Waals surface area contributed by atoms with Gasteiger partial charge in [0.15, 0.2) is 0 Å². The van der Waals surface area contributed by atoms with Crippen LogP contribution in [-0.2, 0) is 16.0 Å². The van der Waals surface area contributed by atoms with Crippen molar-refractivity contribution in [1.29, 1.82) is 0 Å². The second kappa shape index (κ2) is 6.17. The molecule has 2 rings (SSSR count). The van der Waals surface area contributed by atoms with Crippen LogP contribution >= 0.6 is 0 Å².